The molecule has 0 bridgehead atoms. The molecule has 0 saturated carbocycles. The van der Waals surface area contributed by atoms with Crippen LogP contribution in [0.2, 0.25) is 10.0 Å². The fraction of sp³-hybridized carbons (Fsp3) is 0.278. The number of hydrogen-bond donors (Lipinski definition) is 1. The van der Waals surface area contributed by atoms with Crippen molar-refractivity contribution in [2.75, 3.05) is 31.6 Å². The highest BCUT2D eigenvalue weighted by molar-refractivity contribution is 6.40. The van der Waals surface area contributed by atoms with Crippen LogP contribution in [0.25, 0.3) is 0 Å². The van der Waals surface area contributed by atoms with Crippen LogP contribution in [0.1, 0.15) is 15.9 Å². The number of para-hydroxylation sites is 1. The number of carbonyl (C=O) groups excluding carboxylic acids is 1. The summed E-state index contributed by atoms with van der Waals surface area (Å²) in [5.41, 5.74) is 2.17. The number of rotatable bonds is 4. The second kappa shape index (κ2) is 7.99. The predicted octanol–water partition coefficient (Wildman–Crippen LogP) is 4.08. The van der Waals surface area contributed by atoms with Crippen molar-refractivity contribution in [3.8, 4) is 0 Å². The quantitative estimate of drug-likeness (QED) is 0.888. The molecule has 0 aliphatic carbocycles. The lowest BCUT2D eigenvalue weighted by molar-refractivity contribution is 0.0342. The fourth-order valence-electron chi connectivity index (χ4n) is 2.58. The van der Waals surface area contributed by atoms with Crippen LogP contribution >= 0.6 is 23.2 Å². The molecule has 0 aromatic heterocycles. The number of anilines is 1. The molecule has 2 aromatic carbocycles. The van der Waals surface area contributed by atoms with Crippen molar-refractivity contribution in [1.29, 1.82) is 0 Å². The summed E-state index contributed by atoms with van der Waals surface area (Å²) in [5.74, 6) is -0.233. The molecule has 2 aromatic rings. The first-order chi connectivity index (χ1) is 11.6. The minimum absolute atomic E-state index is 0.233. The number of morpholine rings is 1. The Balaban J connectivity index is 1.65. The van der Waals surface area contributed by atoms with E-state index in [0.29, 0.717) is 21.3 Å². The van der Waals surface area contributed by atoms with Gasteiger partial charge in [0.25, 0.3) is 5.91 Å². The molecule has 0 spiro atoms. The van der Waals surface area contributed by atoms with Gasteiger partial charge >= 0.3 is 0 Å². The smallest absolute Gasteiger partial charge is 0.255 e. The van der Waals surface area contributed by atoms with Crippen LogP contribution < -0.4 is 5.32 Å². The van der Waals surface area contributed by atoms with Gasteiger partial charge in [-0.15, -0.1) is 0 Å². The van der Waals surface area contributed by atoms with Crippen LogP contribution in [-0.2, 0) is 11.3 Å². The zero-order valence-electron chi connectivity index (χ0n) is 13.1. The third kappa shape index (κ3) is 4.28. The van der Waals surface area contributed by atoms with Gasteiger partial charge in [0.1, 0.15) is 0 Å². The van der Waals surface area contributed by atoms with Crippen molar-refractivity contribution in [2.45, 2.75) is 6.54 Å². The van der Waals surface area contributed by atoms with Gasteiger partial charge in [-0.3, -0.25) is 9.69 Å². The Morgan fingerprint density at radius 1 is 1.04 bits per heavy atom. The molecule has 0 unspecified atom stereocenters. The van der Waals surface area contributed by atoms with E-state index < -0.39 is 0 Å². The van der Waals surface area contributed by atoms with Gasteiger partial charge in [-0.1, -0.05) is 41.4 Å². The Morgan fingerprint density at radius 3 is 2.29 bits per heavy atom. The van der Waals surface area contributed by atoms with Crippen LogP contribution in [0.4, 0.5) is 5.69 Å². The molecule has 0 atom stereocenters. The second-order valence-corrected chi connectivity index (χ2v) is 6.45. The normalized spacial score (nSPS) is 15.2. The molecule has 0 radical (unpaired) electrons. The average Bonchev–Trinajstić information content (AvgIpc) is 2.60. The molecule has 1 aliphatic heterocycles. The fourth-order valence-corrected chi connectivity index (χ4v) is 3.07. The summed E-state index contributed by atoms with van der Waals surface area (Å²) in [4.78, 5) is 14.7. The standard InChI is InChI=1S/C18H18Cl2N2O2/c19-15-2-1-3-16(20)17(15)21-18(23)14-6-4-13(5-7-14)12-22-8-10-24-11-9-22/h1-7H,8-12H2,(H,21,23). The van der Waals surface area contributed by atoms with Crippen LogP contribution in [0, 0.1) is 0 Å². The molecule has 1 saturated heterocycles. The van der Waals surface area contributed by atoms with E-state index in [9.17, 15) is 4.79 Å². The molecule has 1 N–H and O–H groups in total. The number of carbonyl (C=O) groups is 1. The first kappa shape index (κ1) is 17.2. The number of amides is 1. The van der Waals surface area contributed by atoms with Gasteiger partial charge in [0.15, 0.2) is 0 Å². The Labute approximate surface area is 151 Å². The highest BCUT2D eigenvalue weighted by Gasteiger charge is 2.13. The number of ether oxygens (including phenoxy) is 1. The molecule has 1 amide bonds. The summed E-state index contributed by atoms with van der Waals surface area (Å²) in [6.45, 7) is 4.29. The van der Waals surface area contributed by atoms with E-state index in [2.05, 4.69) is 10.2 Å². The van der Waals surface area contributed by atoms with Crippen LogP contribution in [-0.4, -0.2) is 37.1 Å². The number of benzene rings is 2. The van der Waals surface area contributed by atoms with Gasteiger partial charge in [-0.25, -0.2) is 0 Å². The molecule has 126 valence electrons. The molecule has 24 heavy (non-hydrogen) atoms. The van der Waals surface area contributed by atoms with Crippen LogP contribution in [0.5, 0.6) is 0 Å². The summed E-state index contributed by atoms with van der Waals surface area (Å²) in [6.07, 6.45) is 0. The van der Waals surface area contributed by atoms with Gasteiger partial charge in [0, 0.05) is 25.2 Å². The lowest BCUT2D eigenvalue weighted by atomic mass is 10.1. The molecular weight excluding hydrogens is 347 g/mol. The van der Waals surface area contributed by atoms with Gasteiger partial charge in [-0.2, -0.15) is 0 Å². The highest BCUT2D eigenvalue weighted by atomic mass is 35.5. The maximum Gasteiger partial charge on any atom is 0.255 e. The Hall–Kier alpha value is -1.59. The van der Waals surface area contributed by atoms with Crippen molar-refractivity contribution in [1.82, 2.24) is 4.90 Å². The predicted molar refractivity (Wildman–Crippen MR) is 97.0 cm³/mol. The molecular formula is C18H18Cl2N2O2. The lowest BCUT2D eigenvalue weighted by Crippen LogP contribution is -2.35. The molecule has 1 aliphatic rings. The second-order valence-electron chi connectivity index (χ2n) is 5.64. The topological polar surface area (TPSA) is 41.6 Å². The van der Waals surface area contributed by atoms with Gasteiger partial charge in [0.2, 0.25) is 0 Å². The number of hydrogen-bond acceptors (Lipinski definition) is 3. The zero-order chi connectivity index (χ0) is 16.9. The first-order valence-corrected chi connectivity index (χ1v) is 8.53. The van der Waals surface area contributed by atoms with Crippen molar-refractivity contribution < 1.29 is 9.53 Å². The maximum atomic E-state index is 12.4. The summed E-state index contributed by atoms with van der Waals surface area (Å²) >= 11 is 12.2. The minimum Gasteiger partial charge on any atom is -0.379 e. The van der Waals surface area contributed by atoms with Gasteiger partial charge in [-0.05, 0) is 29.8 Å². The number of nitrogens with zero attached hydrogens (tertiary/aromatic N) is 1. The highest BCUT2D eigenvalue weighted by Crippen LogP contribution is 2.30. The van der Waals surface area contributed by atoms with E-state index in [1.165, 1.54) is 5.56 Å². The SMILES string of the molecule is O=C(Nc1c(Cl)cccc1Cl)c1ccc(CN2CCOCC2)cc1. The van der Waals surface area contributed by atoms with E-state index in [0.717, 1.165) is 32.8 Å². The third-order valence-corrected chi connectivity index (χ3v) is 4.56. The maximum absolute atomic E-state index is 12.4. The largest absolute Gasteiger partial charge is 0.379 e. The molecule has 1 heterocycles. The van der Waals surface area contributed by atoms with Crippen LogP contribution in [0.3, 0.4) is 0 Å². The average molecular weight is 365 g/mol. The molecule has 3 rings (SSSR count). The molecule has 6 heteroatoms. The zero-order valence-corrected chi connectivity index (χ0v) is 14.6. The third-order valence-electron chi connectivity index (χ3n) is 3.93. The summed E-state index contributed by atoms with van der Waals surface area (Å²) < 4.78 is 5.35. The van der Waals surface area contributed by atoms with E-state index in [-0.39, 0.29) is 5.91 Å². The summed E-state index contributed by atoms with van der Waals surface area (Å²) in [5, 5.41) is 3.60. The monoisotopic (exact) mass is 364 g/mol. The van der Waals surface area contributed by atoms with Crippen LogP contribution in [0.15, 0.2) is 42.5 Å². The van der Waals surface area contributed by atoms with Gasteiger partial charge in [0.05, 0.1) is 28.9 Å². The van der Waals surface area contributed by atoms with E-state index >= 15 is 0 Å². The lowest BCUT2D eigenvalue weighted by Gasteiger charge is -2.26. The summed E-state index contributed by atoms with van der Waals surface area (Å²) in [7, 11) is 0. The van der Waals surface area contributed by atoms with E-state index in [1.54, 1.807) is 18.2 Å². The first-order valence-electron chi connectivity index (χ1n) is 7.78. The number of nitrogens with one attached hydrogen (secondary N) is 1. The minimum atomic E-state index is -0.233. The van der Waals surface area contributed by atoms with Crippen molar-refractivity contribution in [3.05, 3.63) is 63.6 Å². The summed E-state index contributed by atoms with van der Waals surface area (Å²) in [6, 6.07) is 12.7. The molecule has 1 fully saturated rings. The van der Waals surface area contributed by atoms with Crippen molar-refractivity contribution in [2.24, 2.45) is 0 Å². The van der Waals surface area contributed by atoms with E-state index in [4.69, 9.17) is 27.9 Å². The van der Waals surface area contributed by atoms with E-state index in [1.807, 2.05) is 24.3 Å². The Morgan fingerprint density at radius 2 is 1.67 bits per heavy atom. The van der Waals surface area contributed by atoms with Crippen molar-refractivity contribution >= 4 is 34.8 Å². The number of halogens is 2. The Bertz CT molecular complexity index is 693. The van der Waals surface area contributed by atoms with Crippen molar-refractivity contribution in [3.63, 3.8) is 0 Å². The van der Waals surface area contributed by atoms with Gasteiger partial charge < -0.3 is 10.1 Å². The Kier molecular flexibility index (Phi) is 5.74. The molecule has 4 nitrogen and oxygen atoms in total.